The fraction of sp³-hybridized carbons (Fsp3) is 0.300. The highest BCUT2D eigenvalue weighted by atomic mass is 19.4. The minimum Gasteiger partial charge on any atom is -0.303 e. The minimum absolute atomic E-state index is 0.364. The number of aldehydes is 1. The Morgan fingerprint density at radius 3 is 2.07 bits per heavy atom. The molecule has 0 saturated carbocycles. The molecule has 0 radical (unpaired) electrons. The SMILES string of the molecule is C[C@H](C=O)c1ccc(C(F)(F)F)cc1. The largest absolute Gasteiger partial charge is 0.416 e. The Morgan fingerprint density at radius 1 is 1.21 bits per heavy atom. The van der Waals surface area contributed by atoms with Gasteiger partial charge in [0.15, 0.2) is 0 Å². The van der Waals surface area contributed by atoms with Gasteiger partial charge in [0.05, 0.1) is 5.56 Å². The van der Waals surface area contributed by atoms with Crippen LogP contribution in [0.4, 0.5) is 13.2 Å². The van der Waals surface area contributed by atoms with Gasteiger partial charge in [-0.05, 0) is 17.7 Å². The van der Waals surface area contributed by atoms with Crippen LogP contribution in [0, 0.1) is 0 Å². The van der Waals surface area contributed by atoms with Crippen molar-refractivity contribution in [3.05, 3.63) is 35.4 Å². The number of rotatable bonds is 2. The standard InChI is InChI=1S/C10H9F3O/c1-7(6-14)8-2-4-9(5-3-8)10(11,12)13/h2-7H,1H3/t7-/m1/s1. The first-order valence-corrected chi connectivity index (χ1v) is 4.07. The maximum atomic E-state index is 12.1. The average molecular weight is 202 g/mol. The lowest BCUT2D eigenvalue weighted by Crippen LogP contribution is -2.05. The van der Waals surface area contributed by atoms with E-state index in [0.29, 0.717) is 11.8 Å². The summed E-state index contributed by atoms with van der Waals surface area (Å²) in [6, 6.07) is 4.61. The van der Waals surface area contributed by atoms with E-state index in [2.05, 4.69) is 0 Å². The molecular weight excluding hydrogens is 193 g/mol. The van der Waals surface area contributed by atoms with Crippen LogP contribution in [-0.2, 0) is 11.0 Å². The normalized spacial score (nSPS) is 13.7. The highest BCUT2D eigenvalue weighted by Gasteiger charge is 2.30. The highest BCUT2D eigenvalue weighted by molar-refractivity contribution is 5.61. The van der Waals surface area contributed by atoms with Crippen LogP contribution in [-0.4, -0.2) is 6.29 Å². The monoisotopic (exact) mass is 202 g/mol. The molecule has 0 amide bonds. The molecule has 0 aliphatic rings. The summed E-state index contributed by atoms with van der Waals surface area (Å²) in [6.45, 7) is 1.63. The fourth-order valence-corrected chi connectivity index (χ4v) is 1.05. The lowest BCUT2D eigenvalue weighted by Gasteiger charge is -2.08. The molecule has 0 bridgehead atoms. The van der Waals surface area contributed by atoms with Gasteiger partial charge in [-0.2, -0.15) is 13.2 Å². The van der Waals surface area contributed by atoms with E-state index in [1.807, 2.05) is 0 Å². The van der Waals surface area contributed by atoms with Crippen molar-refractivity contribution in [3.63, 3.8) is 0 Å². The third-order valence-corrected chi connectivity index (χ3v) is 1.97. The lowest BCUT2D eigenvalue weighted by molar-refractivity contribution is -0.137. The van der Waals surface area contributed by atoms with Crippen LogP contribution in [0.1, 0.15) is 24.0 Å². The summed E-state index contributed by atoms with van der Waals surface area (Å²) in [5.74, 6) is -0.364. The summed E-state index contributed by atoms with van der Waals surface area (Å²) < 4.78 is 36.4. The van der Waals surface area contributed by atoms with Crippen molar-refractivity contribution in [2.75, 3.05) is 0 Å². The molecular formula is C10H9F3O. The van der Waals surface area contributed by atoms with Crippen molar-refractivity contribution >= 4 is 6.29 Å². The van der Waals surface area contributed by atoms with Gasteiger partial charge in [-0.1, -0.05) is 19.1 Å². The first-order chi connectivity index (χ1) is 6.45. The van der Waals surface area contributed by atoms with E-state index >= 15 is 0 Å². The smallest absolute Gasteiger partial charge is 0.303 e. The van der Waals surface area contributed by atoms with Crippen LogP contribution >= 0.6 is 0 Å². The van der Waals surface area contributed by atoms with Crippen molar-refractivity contribution in [2.45, 2.75) is 19.0 Å². The Hall–Kier alpha value is -1.32. The second-order valence-electron chi connectivity index (χ2n) is 3.04. The van der Waals surface area contributed by atoms with Crippen molar-refractivity contribution in [2.24, 2.45) is 0 Å². The molecule has 0 saturated heterocycles. The number of benzene rings is 1. The van der Waals surface area contributed by atoms with E-state index in [9.17, 15) is 18.0 Å². The second kappa shape index (κ2) is 3.82. The molecule has 0 unspecified atom stereocenters. The van der Waals surface area contributed by atoms with Crippen LogP contribution in [0.3, 0.4) is 0 Å². The molecule has 4 heteroatoms. The third kappa shape index (κ3) is 2.34. The Kier molecular flexibility index (Phi) is 2.93. The van der Waals surface area contributed by atoms with Crippen molar-refractivity contribution < 1.29 is 18.0 Å². The number of hydrogen-bond acceptors (Lipinski definition) is 1. The van der Waals surface area contributed by atoms with Gasteiger partial charge in [0.25, 0.3) is 0 Å². The van der Waals surface area contributed by atoms with E-state index in [4.69, 9.17) is 0 Å². The predicted octanol–water partition coefficient (Wildman–Crippen LogP) is 3.01. The van der Waals surface area contributed by atoms with Gasteiger partial charge in [-0.15, -0.1) is 0 Å². The minimum atomic E-state index is -4.32. The van der Waals surface area contributed by atoms with Crippen LogP contribution in [0.5, 0.6) is 0 Å². The zero-order valence-electron chi connectivity index (χ0n) is 7.51. The molecule has 0 N–H and O–H groups in total. The Morgan fingerprint density at radius 2 is 1.71 bits per heavy atom. The van der Waals surface area contributed by atoms with Crippen LogP contribution in [0.25, 0.3) is 0 Å². The zero-order valence-corrected chi connectivity index (χ0v) is 7.51. The number of alkyl halides is 3. The van der Waals surface area contributed by atoms with E-state index in [1.54, 1.807) is 6.92 Å². The number of halogens is 3. The maximum absolute atomic E-state index is 12.1. The molecule has 0 aromatic heterocycles. The molecule has 1 atom stereocenters. The van der Waals surface area contributed by atoms with Crippen LogP contribution in [0.15, 0.2) is 24.3 Å². The van der Waals surface area contributed by atoms with E-state index < -0.39 is 11.7 Å². The summed E-state index contributed by atoms with van der Waals surface area (Å²) >= 11 is 0. The van der Waals surface area contributed by atoms with Gasteiger partial charge in [-0.3, -0.25) is 0 Å². The molecule has 1 nitrogen and oxygen atoms in total. The quantitative estimate of drug-likeness (QED) is 0.674. The van der Waals surface area contributed by atoms with Gasteiger partial charge in [0.1, 0.15) is 6.29 Å². The fourth-order valence-electron chi connectivity index (χ4n) is 1.05. The highest BCUT2D eigenvalue weighted by Crippen LogP contribution is 2.29. The first kappa shape index (κ1) is 10.8. The molecule has 1 rings (SSSR count). The molecule has 76 valence electrons. The van der Waals surface area contributed by atoms with Crippen LogP contribution < -0.4 is 0 Å². The molecule has 0 aliphatic carbocycles. The number of hydrogen-bond donors (Lipinski definition) is 0. The summed E-state index contributed by atoms with van der Waals surface area (Å²) in [5, 5.41) is 0. The molecule has 0 aliphatic heterocycles. The summed E-state index contributed by atoms with van der Waals surface area (Å²) in [5.41, 5.74) is -0.104. The van der Waals surface area contributed by atoms with Crippen molar-refractivity contribution in [1.82, 2.24) is 0 Å². The van der Waals surface area contributed by atoms with Crippen LogP contribution in [0.2, 0.25) is 0 Å². The molecule has 1 aromatic rings. The van der Waals surface area contributed by atoms with Gasteiger partial charge in [-0.25, -0.2) is 0 Å². The van der Waals surface area contributed by atoms with Gasteiger partial charge < -0.3 is 4.79 Å². The average Bonchev–Trinajstić information content (AvgIpc) is 2.15. The Bertz CT molecular complexity index is 313. The second-order valence-corrected chi connectivity index (χ2v) is 3.04. The maximum Gasteiger partial charge on any atom is 0.416 e. The zero-order chi connectivity index (χ0) is 10.8. The summed E-state index contributed by atoms with van der Waals surface area (Å²) in [6.07, 6.45) is -3.62. The van der Waals surface area contributed by atoms with Gasteiger partial charge in [0.2, 0.25) is 0 Å². The number of carbonyl (C=O) groups excluding carboxylic acids is 1. The molecule has 0 spiro atoms. The molecule has 0 heterocycles. The summed E-state index contributed by atoms with van der Waals surface area (Å²) in [7, 11) is 0. The molecule has 0 fully saturated rings. The lowest BCUT2D eigenvalue weighted by atomic mass is 10.0. The molecule has 14 heavy (non-hydrogen) atoms. The van der Waals surface area contributed by atoms with E-state index in [0.717, 1.165) is 12.1 Å². The Balaban J connectivity index is 2.95. The summed E-state index contributed by atoms with van der Waals surface area (Å²) in [4.78, 5) is 10.4. The molecule has 1 aromatic carbocycles. The first-order valence-electron chi connectivity index (χ1n) is 4.07. The van der Waals surface area contributed by atoms with Gasteiger partial charge in [0, 0.05) is 5.92 Å². The third-order valence-electron chi connectivity index (χ3n) is 1.97. The topological polar surface area (TPSA) is 17.1 Å². The van der Waals surface area contributed by atoms with E-state index in [1.165, 1.54) is 12.1 Å². The predicted molar refractivity (Wildman–Crippen MR) is 45.9 cm³/mol. The van der Waals surface area contributed by atoms with Gasteiger partial charge >= 0.3 is 6.18 Å². The number of carbonyl (C=O) groups is 1. The van der Waals surface area contributed by atoms with Crippen molar-refractivity contribution in [1.29, 1.82) is 0 Å². The van der Waals surface area contributed by atoms with Crippen molar-refractivity contribution in [3.8, 4) is 0 Å². The van der Waals surface area contributed by atoms with E-state index in [-0.39, 0.29) is 5.92 Å². The Labute approximate surface area is 79.5 Å².